The molecule has 9 heteroatoms. The summed E-state index contributed by atoms with van der Waals surface area (Å²) in [4.78, 5) is 13.5. The van der Waals surface area contributed by atoms with E-state index in [1.54, 1.807) is 7.11 Å². The molecule has 3 aromatic carbocycles. The number of nitrogens with one attached hydrogen (secondary N) is 2. The van der Waals surface area contributed by atoms with Gasteiger partial charge in [0, 0.05) is 11.1 Å². The SMILES string of the molecule is COc1ccc2c(c1)c(OCc1ccccc1)c(C(=O)Nc1nn[nH]n1)n2-c1ccccc1. The van der Waals surface area contributed by atoms with Crippen LogP contribution in [0.25, 0.3) is 16.6 Å². The first-order chi connectivity index (χ1) is 16.2. The Labute approximate surface area is 189 Å². The molecule has 5 aromatic rings. The van der Waals surface area contributed by atoms with Crippen LogP contribution in [0.1, 0.15) is 16.1 Å². The Morgan fingerprint density at radius 2 is 1.79 bits per heavy atom. The highest BCUT2D eigenvalue weighted by atomic mass is 16.5. The molecule has 0 atom stereocenters. The monoisotopic (exact) mass is 440 g/mol. The van der Waals surface area contributed by atoms with E-state index in [9.17, 15) is 4.79 Å². The highest BCUT2D eigenvalue weighted by molar-refractivity contribution is 6.10. The summed E-state index contributed by atoms with van der Waals surface area (Å²) in [6, 6.07) is 25.0. The number of carbonyl (C=O) groups excluding carboxylic acids is 1. The van der Waals surface area contributed by atoms with E-state index in [0.717, 1.165) is 22.2 Å². The number of anilines is 1. The van der Waals surface area contributed by atoms with Crippen LogP contribution in [0, 0.1) is 0 Å². The molecule has 164 valence electrons. The quantitative estimate of drug-likeness (QED) is 0.396. The van der Waals surface area contributed by atoms with Gasteiger partial charge in [-0.1, -0.05) is 53.6 Å². The zero-order chi connectivity index (χ0) is 22.6. The fraction of sp³-hybridized carbons (Fsp3) is 0.0833. The number of tetrazole rings is 1. The summed E-state index contributed by atoms with van der Waals surface area (Å²) < 4.78 is 13.6. The number of H-pyrrole nitrogens is 1. The summed E-state index contributed by atoms with van der Waals surface area (Å²) in [6.45, 7) is 0.286. The molecule has 0 fully saturated rings. The fourth-order valence-electron chi connectivity index (χ4n) is 3.67. The Hall–Kier alpha value is -4.66. The number of hydrogen-bond acceptors (Lipinski definition) is 6. The number of benzene rings is 3. The zero-order valence-corrected chi connectivity index (χ0v) is 17.7. The highest BCUT2D eigenvalue weighted by Gasteiger charge is 2.26. The minimum Gasteiger partial charge on any atom is -0.497 e. The van der Waals surface area contributed by atoms with Gasteiger partial charge in [-0.05, 0) is 41.1 Å². The maximum Gasteiger partial charge on any atom is 0.279 e. The molecule has 33 heavy (non-hydrogen) atoms. The molecule has 2 aromatic heterocycles. The minimum absolute atomic E-state index is 0.0662. The van der Waals surface area contributed by atoms with E-state index in [1.807, 2.05) is 83.4 Å². The van der Waals surface area contributed by atoms with Crippen molar-refractivity contribution in [3.63, 3.8) is 0 Å². The van der Waals surface area contributed by atoms with E-state index in [4.69, 9.17) is 9.47 Å². The first-order valence-corrected chi connectivity index (χ1v) is 10.2. The number of amides is 1. The summed E-state index contributed by atoms with van der Waals surface area (Å²) in [5.41, 5.74) is 2.89. The van der Waals surface area contributed by atoms with Crippen LogP contribution >= 0.6 is 0 Å². The number of rotatable bonds is 7. The Morgan fingerprint density at radius 3 is 2.48 bits per heavy atom. The fourth-order valence-corrected chi connectivity index (χ4v) is 3.67. The van der Waals surface area contributed by atoms with Crippen LogP contribution in [0.3, 0.4) is 0 Å². The Morgan fingerprint density at radius 1 is 1.03 bits per heavy atom. The summed E-state index contributed by atoms with van der Waals surface area (Å²) >= 11 is 0. The lowest BCUT2D eigenvalue weighted by Crippen LogP contribution is -2.18. The van der Waals surface area contributed by atoms with Crippen molar-refractivity contribution < 1.29 is 14.3 Å². The predicted octanol–water partition coefficient (Wildman–Crippen LogP) is 3.98. The van der Waals surface area contributed by atoms with Gasteiger partial charge < -0.3 is 14.0 Å². The van der Waals surface area contributed by atoms with E-state index >= 15 is 0 Å². The van der Waals surface area contributed by atoms with Gasteiger partial charge in [0.1, 0.15) is 12.4 Å². The van der Waals surface area contributed by atoms with Gasteiger partial charge in [0.15, 0.2) is 11.4 Å². The Balaban J connectivity index is 1.70. The molecule has 5 rings (SSSR count). The number of fused-ring (bicyclic) bond motifs is 1. The second-order valence-corrected chi connectivity index (χ2v) is 7.20. The average Bonchev–Trinajstić information content (AvgIpc) is 3.49. The third-order valence-electron chi connectivity index (χ3n) is 5.15. The predicted molar refractivity (Wildman–Crippen MR) is 123 cm³/mol. The lowest BCUT2D eigenvalue weighted by atomic mass is 10.2. The smallest absolute Gasteiger partial charge is 0.279 e. The normalized spacial score (nSPS) is 10.8. The number of methoxy groups -OCH3 is 1. The molecule has 0 spiro atoms. The number of aromatic amines is 1. The number of nitrogens with zero attached hydrogens (tertiary/aromatic N) is 4. The van der Waals surface area contributed by atoms with Crippen molar-refractivity contribution in [1.82, 2.24) is 25.2 Å². The van der Waals surface area contributed by atoms with Crippen LogP contribution in [-0.4, -0.2) is 38.2 Å². The average molecular weight is 440 g/mol. The molecular formula is C24H20N6O3. The van der Waals surface area contributed by atoms with Gasteiger partial charge in [0.2, 0.25) is 0 Å². The van der Waals surface area contributed by atoms with Crippen LogP contribution in [0.5, 0.6) is 11.5 Å². The topological polar surface area (TPSA) is 107 Å². The van der Waals surface area contributed by atoms with Crippen molar-refractivity contribution in [2.75, 3.05) is 12.4 Å². The lowest BCUT2D eigenvalue weighted by Gasteiger charge is -2.12. The van der Waals surface area contributed by atoms with Crippen LogP contribution in [0.2, 0.25) is 0 Å². The number of hydrogen-bond donors (Lipinski definition) is 2. The Bertz CT molecular complexity index is 1380. The van der Waals surface area contributed by atoms with Crippen molar-refractivity contribution >= 4 is 22.8 Å². The van der Waals surface area contributed by atoms with E-state index in [2.05, 4.69) is 25.9 Å². The van der Waals surface area contributed by atoms with E-state index in [0.29, 0.717) is 17.2 Å². The molecule has 0 aliphatic heterocycles. The largest absolute Gasteiger partial charge is 0.497 e. The van der Waals surface area contributed by atoms with E-state index in [1.165, 1.54) is 0 Å². The third kappa shape index (κ3) is 3.99. The first-order valence-electron chi connectivity index (χ1n) is 10.2. The third-order valence-corrected chi connectivity index (χ3v) is 5.15. The van der Waals surface area contributed by atoms with Crippen molar-refractivity contribution in [2.45, 2.75) is 6.61 Å². The number of carbonyl (C=O) groups is 1. The Kier molecular flexibility index (Phi) is 5.42. The maximum atomic E-state index is 13.5. The van der Waals surface area contributed by atoms with Crippen molar-refractivity contribution in [3.05, 3.63) is 90.1 Å². The molecule has 0 bridgehead atoms. The maximum absolute atomic E-state index is 13.5. The van der Waals surface area contributed by atoms with Crippen LogP contribution in [0.4, 0.5) is 5.95 Å². The summed E-state index contributed by atoms with van der Waals surface area (Å²) in [5, 5.41) is 17.0. The van der Waals surface area contributed by atoms with Crippen LogP contribution in [-0.2, 0) is 6.61 Å². The molecule has 0 saturated carbocycles. The van der Waals surface area contributed by atoms with Gasteiger partial charge in [-0.15, -0.1) is 5.10 Å². The van der Waals surface area contributed by atoms with Gasteiger partial charge in [-0.25, -0.2) is 0 Å². The van der Waals surface area contributed by atoms with Crippen LogP contribution in [0.15, 0.2) is 78.9 Å². The number of ether oxygens (including phenoxy) is 2. The van der Waals surface area contributed by atoms with Gasteiger partial charge >= 0.3 is 0 Å². The van der Waals surface area contributed by atoms with Gasteiger partial charge in [0.05, 0.1) is 12.6 Å². The molecule has 2 heterocycles. The standard InChI is InChI=1S/C24H20N6O3/c1-32-18-12-13-20-19(14-18)22(33-15-16-8-4-2-5-9-16)21(23(31)25-24-26-28-29-27-24)30(20)17-10-6-3-7-11-17/h2-14H,15H2,1H3,(H2,25,26,27,28,29,31). The lowest BCUT2D eigenvalue weighted by molar-refractivity contribution is 0.101. The van der Waals surface area contributed by atoms with Gasteiger partial charge in [-0.2, -0.15) is 5.21 Å². The van der Waals surface area contributed by atoms with Crippen molar-refractivity contribution in [2.24, 2.45) is 0 Å². The zero-order valence-electron chi connectivity index (χ0n) is 17.7. The molecule has 0 aliphatic rings. The molecular weight excluding hydrogens is 420 g/mol. The van der Waals surface area contributed by atoms with E-state index in [-0.39, 0.29) is 12.6 Å². The van der Waals surface area contributed by atoms with Crippen molar-refractivity contribution in [1.29, 1.82) is 0 Å². The molecule has 0 aliphatic carbocycles. The molecule has 9 nitrogen and oxygen atoms in total. The second kappa shape index (κ2) is 8.83. The molecule has 0 radical (unpaired) electrons. The summed E-state index contributed by atoms with van der Waals surface area (Å²) in [7, 11) is 1.60. The van der Waals surface area contributed by atoms with E-state index < -0.39 is 5.91 Å². The van der Waals surface area contributed by atoms with Crippen LogP contribution < -0.4 is 14.8 Å². The molecule has 1 amide bonds. The molecule has 0 saturated heterocycles. The van der Waals surface area contributed by atoms with Gasteiger partial charge in [-0.3, -0.25) is 10.1 Å². The molecule has 0 unspecified atom stereocenters. The van der Waals surface area contributed by atoms with Gasteiger partial charge in [0.25, 0.3) is 11.9 Å². The highest BCUT2D eigenvalue weighted by Crippen LogP contribution is 2.38. The second-order valence-electron chi connectivity index (χ2n) is 7.20. The van der Waals surface area contributed by atoms with Crippen molar-refractivity contribution in [3.8, 4) is 17.2 Å². The molecule has 2 N–H and O–H groups in total. The summed E-state index contributed by atoms with van der Waals surface area (Å²) in [6.07, 6.45) is 0. The number of para-hydroxylation sites is 1. The summed E-state index contributed by atoms with van der Waals surface area (Å²) in [5.74, 6) is 0.718. The first kappa shape index (κ1) is 20.3. The minimum atomic E-state index is -0.432. The number of aromatic nitrogens is 5.